The quantitative estimate of drug-likeness (QED) is 0.715. The molecule has 2 aromatic heterocycles. The van der Waals surface area contributed by atoms with Gasteiger partial charge < -0.3 is 5.73 Å². The molecule has 0 aliphatic rings. The van der Waals surface area contributed by atoms with Gasteiger partial charge in [0, 0.05) is 11.3 Å². The maximum atomic E-state index is 11.1. The molecule has 86 valence electrons. The molecule has 0 saturated carbocycles. The van der Waals surface area contributed by atoms with E-state index in [-0.39, 0.29) is 0 Å². The van der Waals surface area contributed by atoms with E-state index in [0.717, 1.165) is 26.6 Å². The number of aryl methyl sites for hydroxylation is 2. The monoisotopic (exact) mass is 245 g/mol. The number of hydrogen-bond donors (Lipinski definition) is 1. The summed E-state index contributed by atoms with van der Waals surface area (Å²) in [5.74, 6) is -0.397. The summed E-state index contributed by atoms with van der Waals surface area (Å²) in [5.41, 5.74) is 9.06. The van der Waals surface area contributed by atoms with Gasteiger partial charge in [-0.3, -0.25) is 9.20 Å². The molecule has 3 aromatic rings. The van der Waals surface area contributed by atoms with Gasteiger partial charge in [-0.1, -0.05) is 11.3 Å². The SMILES string of the molecule is Cc1nc2sc3cc(C(N)=O)ccc3n2c1C. The fraction of sp³-hybridized carbons (Fsp3) is 0.167. The zero-order valence-corrected chi connectivity index (χ0v) is 10.3. The first-order valence-corrected chi connectivity index (χ1v) is 6.07. The van der Waals surface area contributed by atoms with Crippen molar-refractivity contribution in [1.82, 2.24) is 9.38 Å². The van der Waals surface area contributed by atoms with E-state index in [1.807, 2.05) is 26.0 Å². The fourth-order valence-corrected chi connectivity index (χ4v) is 3.12. The number of rotatable bonds is 1. The van der Waals surface area contributed by atoms with Crippen molar-refractivity contribution in [3.05, 3.63) is 35.2 Å². The smallest absolute Gasteiger partial charge is 0.248 e. The van der Waals surface area contributed by atoms with Crippen molar-refractivity contribution >= 4 is 32.4 Å². The lowest BCUT2D eigenvalue weighted by molar-refractivity contribution is 0.100. The molecule has 2 N–H and O–H groups in total. The van der Waals surface area contributed by atoms with E-state index in [1.165, 1.54) is 0 Å². The van der Waals surface area contributed by atoms with Crippen LogP contribution in [0.3, 0.4) is 0 Å². The maximum Gasteiger partial charge on any atom is 0.248 e. The molecular formula is C12H11N3OS. The molecule has 0 unspecified atom stereocenters. The Balaban J connectivity index is 2.41. The zero-order chi connectivity index (χ0) is 12.2. The first-order chi connectivity index (χ1) is 8.08. The Bertz CT molecular complexity index is 754. The first-order valence-electron chi connectivity index (χ1n) is 5.26. The number of nitrogens with zero attached hydrogens (tertiary/aromatic N) is 2. The van der Waals surface area contributed by atoms with Crippen LogP contribution in [0.4, 0.5) is 0 Å². The minimum absolute atomic E-state index is 0.397. The number of carbonyl (C=O) groups is 1. The first kappa shape index (κ1) is 10.3. The average Bonchev–Trinajstić information content (AvgIpc) is 2.76. The Hall–Kier alpha value is -1.88. The minimum Gasteiger partial charge on any atom is -0.366 e. The summed E-state index contributed by atoms with van der Waals surface area (Å²) < 4.78 is 3.15. The van der Waals surface area contributed by atoms with Crippen LogP contribution in [0.5, 0.6) is 0 Å². The highest BCUT2D eigenvalue weighted by molar-refractivity contribution is 7.23. The Morgan fingerprint density at radius 1 is 1.41 bits per heavy atom. The molecule has 2 heterocycles. The van der Waals surface area contributed by atoms with E-state index >= 15 is 0 Å². The number of fused-ring (bicyclic) bond motifs is 3. The lowest BCUT2D eigenvalue weighted by Gasteiger charge is -1.97. The number of primary amides is 1. The second-order valence-corrected chi connectivity index (χ2v) is 5.06. The lowest BCUT2D eigenvalue weighted by atomic mass is 10.2. The van der Waals surface area contributed by atoms with E-state index in [0.29, 0.717) is 5.56 Å². The van der Waals surface area contributed by atoms with E-state index in [9.17, 15) is 4.79 Å². The van der Waals surface area contributed by atoms with Crippen molar-refractivity contribution in [3.8, 4) is 0 Å². The van der Waals surface area contributed by atoms with Gasteiger partial charge in [-0.2, -0.15) is 0 Å². The Kier molecular flexibility index (Phi) is 2.00. The number of carbonyl (C=O) groups excluding carboxylic acids is 1. The molecule has 0 aliphatic heterocycles. The van der Waals surface area contributed by atoms with Crippen molar-refractivity contribution in [2.75, 3.05) is 0 Å². The van der Waals surface area contributed by atoms with Crippen molar-refractivity contribution in [2.45, 2.75) is 13.8 Å². The van der Waals surface area contributed by atoms with E-state index in [1.54, 1.807) is 17.4 Å². The van der Waals surface area contributed by atoms with Gasteiger partial charge in [-0.25, -0.2) is 4.98 Å². The van der Waals surface area contributed by atoms with E-state index < -0.39 is 5.91 Å². The third-order valence-corrected chi connectivity index (χ3v) is 4.00. The molecule has 17 heavy (non-hydrogen) atoms. The lowest BCUT2D eigenvalue weighted by Crippen LogP contribution is -2.10. The summed E-state index contributed by atoms with van der Waals surface area (Å²) in [6.45, 7) is 4.04. The summed E-state index contributed by atoms with van der Waals surface area (Å²) in [5, 5.41) is 0. The van der Waals surface area contributed by atoms with Gasteiger partial charge in [-0.05, 0) is 32.0 Å². The van der Waals surface area contributed by atoms with Crippen molar-refractivity contribution in [1.29, 1.82) is 0 Å². The number of aromatic nitrogens is 2. The molecule has 0 fully saturated rings. The van der Waals surface area contributed by atoms with E-state index in [2.05, 4.69) is 9.38 Å². The molecule has 0 saturated heterocycles. The van der Waals surface area contributed by atoms with Crippen molar-refractivity contribution in [3.63, 3.8) is 0 Å². The molecule has 1 amide bonds. The average molecular weight is 245 g/mol. The van der Waals surface area contributed by atoms with Crippen LogP contribution in [0.25, 0.3) is 15.2 Å². The van der Waals surface area contributed by atoms with Gasteiger partial charge in [0.25, 0.3) is 0 Å². The highest BCUT2D eigenvalue weighted by Gasteiger charge is 2.12. The topological polar surface area (TPSA) is 60.4 Å². The number of hydrogen-bond acceptors (Lipinski definition) is 3. The number of amides is 1. The summed E-state index contributed by atoms with van der Waals surface area (Å²) in [6, 6.07) is 5.50. The third-order valence-electron chi connectivity index (χ3n) is 3.00. The summed E-state index contributed by atoms with van der Waals surface area (Å²) >= 11 is 1.57. The van der Waals surface area contributed by atoms with Gasteiger partial charge in [0.15, 0.2) is 4.96 Å². The highest BCUT2D eigenvalue weighted by atomic mass is 32.1. The predicted octanol–water partition coefficient (Wildman–Crippen LogP) is 2.26. The molecular weight excluding hydrogens is 234 g/mol. The van der Waals surface area contributed by atoms with Gasteiger partial charge in [0.2, 0.25) is 5.91 Å². The highest BCUT2D eigenvalue weighted by Crippen LogP contribution is 2.29. The van der Waals surface area contributed by atoms with Crippen LogP contribution in [0.15, 0.2) is 18.2 Å². The van der Waals surface area contributed by atoms with Gasteiger partial charge in [0.05, 0.1) is 15.9 Å². The molecule has 0 spiro atoms. The molecule has 3 rings (SSSR count). The van der Waals surface area contributed by atoms with Crippen LogP contribution in [0.2, 0.25) is 0 Å². The minimum atomic E-state index is -0.397. The van der Waals surface area contributed by atoms with E-state index in [4.69, 9.17) is 5.73 Å². The van der Waals surface area contributed by atoms with Crippen LogP contribution in [-0.2, 0) is 0 Å². The Labute approximate surface area is 102 Å². The molecule has 0 atom stereocenters. The zero-order valence-electron chi connectivity index (χ0n) is 9.52. The number of nitrogens with two attached hydrogens (primary N) is 1. The Morgan fingerprint density at radius 2 is 2.18 bits per heavy atom. The maximum absolute atomic E-state index is 11.1. The molecule has 4 nitrogen and oxygen atoms in total. The van der Waals surface area contributed by atoms with Gasteiger partial charge >= 0.3 is 0 Å². The van der Waals surface area contributed by atoms with Crippen LogP contribution in [0, 0.1) is 13.8 Å². The van der Waals surface area contributed by atoms with Crippen LogP contribution < -0.4 is 5.73 Å². The molecule has 0 radical (unpaired) electrons. The summed E-state index contributed by atoms with van der Waals surface area (Å²) in [7, 11) is 0. The molecule has 0 bridgehead atoms. The number of thiazole rings is 1. The van der Waals surface area contributed by atoms with Crippen molar-refractivity contribution in [2.24, 2.45) is 5.73 Å². The molecule has 0 aliphatic carbocycles. The van der Waals surface area contributed by atoms with Gasteiger partial charge in [-0.15, -0.1) is 0 Å². The van der Waals surface area contributed by atoms with Gasteiger partial charge in [0.1, 0.15) is 0 Å². The van der Waals surface area contributed by atoms with Crippen LogP contribution in [-0.4, -0.2) is 15.3 Å². The molecule has 5 heteroatoms. The number of imidazole rings is 1. The van der Waals surface area contributed by atoms with Crippen molar-refractivity contribution < 1.29 is 4.79 Å². The largest absolute Gasteiger partial charge is 0.366 e. The van der Waals surface area contributed by atoms with Crippen LogP contribution in [0.1, 0.15) is 21.7 Å². The second kappa shape index (κ2) is 3.30. The number of benzene rings is 1. The summed E-state index contributed by atoms with van der Waals surface area (Å²) in [6.07, 6.45) is 0. The standard InChI is InChI=1S/C12H11N3OS/c1-6-7(2)15-9-4-3-8(11(13)16)5-10(9)17-12(15)14-6/h3-5H,1-2H3,(H2,13,16). The molecule has 1 aromatic carbocycles. The van der Waals surface area contributed by atoms with Crippen LogP contribution >= 0.6 is 11.3 Å². The third kappa shape index (κ3) is 1.36. The predicted molar refractivity (Wildman–Crippen MR) is 68.6 cm³/mol. The summed E-state index contributed by atoms with van der Waals surface area (Å²) in [4.78, 5) is 16.6. The Morgan fingerprint density at radius 3 is 2.88 bits per heavy atom. The second-order valence-electron chi connectivity index (χ2n) is 4.05. The fourth-order valence-electron chi connectivity index (χ4n) is 1.96. The normalized spacial score (nSPS) is 11.4.